The summed E-state index contributed by atoms with van der Waals surface area (Å²) >= 11 is 5.82. The van der Waals surface area contributed by atoms with Gasteiger partial charge >= 0.3 is 6.36 Å². The van der Waals surface area contributed by atoms with Crippen LogP contribution in [-0.2, 0) is 6.61 Å². The average molecular weight is 303 g/mol. The zero-order chi connectivity index (χ0) is 14.8. The van der Waals surface area contributed by atoms with E-state index < -0.39 is 6.36 Å². The number of rotatable bonds is 3. The van der Waals surface area contributed by atoms with E-state index in [9.17, 15) is 18.3 Å². The second kappa shape index (κ2) is 5.73. The minimum atomic E-state index is -4.74. The minimum absolute atomic E-state index is 0.264. The highest BCUT2D eigenvalue weighted by Gasteiger charge is 2.31. The Bertz CT molecular complexity index is 612. The van der Waals surface area contributed by atoms with Crippen molar-refractivity contribution in [3.8, 4) is 16.9 Å². The highest BCUT2D eigenvalue weighted by molar-refractivity contribution is 6.30. The van der Waals surface area contributed by atoms with Crippen molar-refractivity contribution >= 4 is 11.6 Å². The topological polar surface area (TPSA) is 29.5 Å². The van der Waals surface area contributed by atoms with E-state index in [2.05, 4.69) is 4.74 Å². The summed E-state index contributed by atoms with van der Waals surface area (Å²) in [6.07, 6.45) is -4.74. The molecule has 0 aliphatic carbocycles. The standard InChI is InChI=1S/C14H10ClF3O2/c15-11-4-5-13(10(6-11)8-19)9-2-1-3-12(7-9)20-14(16,17)18/h1-7,19H,8H2. The number of aliphatic hydroxyl groups is 1. The molecule has 2 aromatic rings. The monoisotopic (exact) mass is 302 g/mol. The van der Waals surface area contributed by atoms with Gasteiger partial charge in [0.2, 0.25) is 0 Å². The molecular weight excluding hydrogens is 293 g/mol. The molecule has 20 heavy (non-hydrogen) atoms. The van der Waals surface area contributed by atoms with Gasteiger partial charge in [0.15, 0.2) is 0 Å². The third-order valence-electron chi connectivity index (χ3n) is 2.62. The number of halogens is 4. The van der Waals surface area contributed by atoms with E-state index >= 15 is 0 Å². The summed E-state index contributed by atoms with van der Waals surface area (Å²) in [7, 11) is 0. The molecule has 0 aromatic heterocycles. The predicted octanol–water partition coefficient (Wildman–Crippen LogP) is 4.40. The van der Waals surface area contributed by atoms with Gasteiger partial charge < -0.3 is 9.84 Å². The van der Waals surface area contributed by atoms with Gasteiger partial charge in [-0.25, -0.2) is 0 Å². The summed E-state index contributed by atoms with van der Waals surface area (Å²) in [6.45, 7) is -0.264. The fourth-order valence-corrected chi connectivity index (χ4v) is 2.03. The smallest absolute Gasteiger partial charge is 0.406 e. The van der Waals surface area contributed by atoms with Gasteiger partial charge in [-0.05, 0) is 41.0 Å². The maximum atomic E-state index is 12.2. The summed E-state index contributed by atoms with van der Waals surface area (Å²) in [5, 5.41) is 9.73. The minimum Gasteiger partial charge on any atom is -0.406 e. The Hall–Kier alpha value is -1.72. The molecule has 106 valence electrons. The van der Waals surface area contributed by atoms with Gasteiger partial charge in [-0.3, -0.25) is 0 Å². The van der Waals surface area contributed by atoms with Crippen molar-refractivity contribution in [3.05, 3.63) is 53.1 Å². The number of hydrogen-bond acceptors (Lipinski definition) is 2. The van der Waals surface area contributed by atoms with Crippen molar-refractivity contribution < 1.29 is 23.0 Å². The van der Waals surface area contributed by atoms with Crippen molar-refractivity contribution in [2.24, 2.45) is 0 Å². The molecule has 2 rings (SSSR count). The zero-order valence-electron chi connectivity index (χ0n) is 10.1. The lowest BCUT2D eigenvalue weighted by Crippen LogP contribution is -2.17. The number of aliphatic hydroxyl groups excluding tert-OH is 1. The number of ether oxygens (including phenoxy) is 1. The molecule has 0 bridgehead atoms. The summed E-state index contributed by atoms with van der Waals surface area (Å²) in [5.74, 6) is -0.311. The molecule has 0 unspecified atom stereocenters. The van der Waals surface area contributed by atoms with E-state index in [4.69, 9.17) is 11.6 Å². The number of hydrogen-bond donors (Lipinski definition) is 1. The molecule has 0 amide bonds. The lowest BCUT2D eigenvalue weighted by Gasteiger charge is -2.12. The molecule has 2 aromatic carbocycles. The Morgan fingerprint density at radius 2 is 1.85 bits per heavy atom. The lowest BCUT2D eigenvalue weighted by atomic mass is 10.00. The van der Waals surface area contributed by atoms with Crippen LogP contribution in [0.25, 0.3) is 11.1 Å². The Labute approximate surface area is 118 Å². The SMILES string of the molecule is OCc1cc(Cl)ccc1-c1cccc(OC(F)(F)F)c1. The molecule has 0 radical (unpaired) electrons. The van der Waals surface area contributed by atoms with Crippen LogP contribution in [0.4, 0.5) is 13.2 Å². The molecule has 0 heterocycles. The second-order valence-corrected chi connectivity index (χ2v) is 4.47. The second-order valence-electron chi connectivity index (χ2n) is 4.04. The van der Waals surface area contributed by atoms with Crippen molar-refractivity contribution in [1.29, 1.82) is 0 Å². The van der Waals surface area contributed by atoms with Crippen LogP contribution in [0.5, 0.6) is 5.75 Å². The lowest BCUT2D eigenvalue weighted by molar-refractivity contribution is -0.274. The third kappa shape index (κ3) is 3.65. The number of benzene rings is 2. The summed E-state index contributed by atoms with van der Waals surface area (Å²) in [6, 6.07) is 10.4. The van der Waals surface area contributed by atoms with Gasteiger partial charge in [0.05, 0.1) is 6.61 Å². The molecular formula is C14H10ClF3O2. The average Bonchev–Trinajstić information content (AvgIpc) is 2.36. The van der Waals surface area contributed by atoms with Crippen molar-refractivity contribution in [3.63, 3.8) is 0 Å². The van der Waals surface area contributed by atoms with Crippen LogP contribution in [-0.4, -0.2) is 11.5 Å². The largest absolute Gasteiger partial charge is 0.573 e. The summed E-state index contributed by atoms with van der Waals surface area (Å²) in [5.41, 5.74) is 1.64. The van der Waals surface area contributed by atoms with Crippen molar-refractivity contribution in [1.82, 2.24) is 0 Å². The maximum Gasteiger partial charge on any atom is 0.573 e. The van der Waals surface area contributed by atoms with Gasteiger partial charge in [-0.2, -0.15) is 0 Å². The first-order valence-electron chi connectivity index (χ1n) is 5.64. The number of alkyl halides is 3. The van der Waals surface area contributed by atoms with E-state index in [1.165, 1.54) is 18.2 Å². The molecule has 0 saturated carbocycles. The van der Waals surface area contributed by atoms with E-state index in [0.29, 0.717) is 21.7 Å². The Morgan fingerprint density at radius 1 is 1.10 bits per heavy atom. The van der Waals surface area contributed by atoms with E-state index in [1.54, 1.807) is 24.3 Å². The third-order valence-corrected chi connectivity index (χ3v) is 2.85. The first-order valence-corrected chi connectivity index (χ1v) is 6.02. The van der Waals surface area contributed by atoms with Crippen molar-refractivity contribution in [2.75, 3.05) is 0 Å². The van der Waals surface area contributed by atoms with Crippen LogP contribution in [0.3, 0.4) is 0 Å². The molecule has 0 spiro atoms. The molecule has 1 N–H and O–H groups in total. The van der Waals surface area contributed by atoms with E-state index in [-0.39, 0.29) is 12.4 Å². The molecule has 0 atom stereocenters. The Morgan fingerprint density at radius 3 is 2.50 bits per heavy atom. The fourth-order valence-electron chi connectivity index (χ4n) is 1.84. The van der Waals surface area contributed by atoms with Gasteiger partial charge in [-0.15, -0.1) is 13.2 Å². The molecule has 0 fully saturated rings. The van der Waals surface area contributed by atoms with Gasteiger partial charge in [0, 0.05) is 5.02 Å². The summed E-state index contributed by atoms with van der Waals surface area (Å²) in [4.78, 5) is 0. The first-order chi connectivity index (χ1) is 9.39. The van der Waals surface area contributed by atoms with Gasteiger partial charge in [0.25, 0.3) is 0 Å². The first kappa shape index (κ1) is 14.7. The zero-order valence-corrected chi connectivity index (χ0v) is 10.9. The van der Waals surface area contributed by atoms with Crippen molar-refractivity contribution in [2.45, 2.75) is 13.0 Å². The van der Waals surface area contributed by atoms with Crippen LogP contribution in [0.1, 0.15) is 5.56 Å². The van der Waals surface area contributed by atoms with Crippen LogP contribution < -0.4 is 4.74 Å². The van der Waals surface area contributed by atoms with Crippen LogP contribution in [0.15, 0.2) is 42.5 Å². The van der Waals surface area contributed by atoms with Crippen LogP contribution in [0.2, 0.25) is 5.02 Å². The predicted molar refractivity (Wildman–Crippen MR) is 69.5 cm³/mol. The molecule has 0 aliphatic rings. The highest BCUT2D eigenvalue weighted by Crippen LogP contribution is 2.31. The maximum absolute atomic E-state index is 12.2. The molecule has 2 nitrogen and oxygen atoms in total. The van der Waals surface area contributed by atoms with Crippen LogP contribution >= 0.6 is 11.6 Å². The fraction of sp³-hybridized carbons (Fsp3) is 0.143. The van der Waals surface area contributed by atoms with E-state index in [1.807, 2.05) is 0 Å². The molecule has 6 heteroatoms. The molecule has 0 aliphatic heterocycles. The van der Waals surface area contributed by atoms with Crippen LogP contribution in [0, 0.1) is 0 Å². The summed E-state index contributed by atoms with van der Waals surface area (Å²) < 4.78 is 40.5. The molecule has 0 saturated heterocycles. The van der Waals surface area contributed by atoms with Gasteiger partial charge in [0.1, 0.15) is 5.75 Å². The Kier molecular flexibility index (Phi) is 4.20. The quantitative estimate of drug-likeness (QED) is 0.910. The van der Waals surface area contributed by atoms with E-state index in [0.717, 1.165) is 0 Å². The van der Waals surface area contributed by atoms with Gasteiger partial charge in [-0.1, -0.05) is 29.8 Å². The normalized spacial score (nSPS) is 11.4. The Balaban J connectivity index is 2.41. The highest BCUT2D eigenvalue weighted by atomic mass is 35.5.